The highest BCUT2D eigenvalue weighted by atomic mass is 35.5. The minimum Gasteiger partial charge on any atom is -0.465 e. The maximum atomic E-state index is 12.5. The van der Waals surface area contributed by atoms with E-state index in [1.54, 1.807) is 26.2 Å². The van der Waals surface area contributed by atoms with Gasteiger partial charge in [0, 0.05) is 38.8 Å². The van der Waals surface area contributed by atoms with Crippen LogP contribution in [0.5, 0.6) is 0 Å². The van der Waals surface area contributed by atoms with Crippen LogP contribution in [0.3, 0.4) is 0 Å². The Hall–Kier alpha value is -2.33. The molecule has 4 rings (SSSR count). The molecule has 2 aliphatic rings. The van der Waals surface area contributed by atoms with E-state index in [0.717, 1.165) is 62.2 Å². The molecule has 0 radical (unpaired) electrons. The van der Waals surface area contributed by atoms with Gasteiger partial charge in [0.1, 0.15) is 10.7 Å². The van der Waals surface area contributed by atoms with Crippen molar-refractivity contribution >= 4 is 45.2 Å². The van der Waals surface area contributed by atoms with Crippen LogP contribution in [0.25, 0.3) is 0 Å². The van der Waals surface area contributed by atoms with E-state index in [1.807, 2.05) is 24.3 Å². The van der Waals surface area contributed by atoms with Crippen LogP contribution in [0, 0.1) is 0 Å². The Morgan fingerprint density at radius 2 is 1.78 bits per heavy atom. The molecule has 11 heteroatoms. The lowest BCUT2D eigenvalue weighted by molar-refractivity contribution is 0.156. The zero-order chi connectivity index (χ0) is 26.3. The van der Waals surface area contributed by atoms with Crippen molar-refractivity contribution in [2.45, 2.75) is 43.0 Å². The van der Waals surface area contributed by atoms with Gasteiger partial charge in [-0.1, -0.05) is 66.4 Å². The minimum atomic E-state index is -3.56. The Labute approximate surface area is 223 Å². The lowest BCUT2D eigenvalue weighted by Crippen LogP contribution is -2.35. The van der Waals surface area contributed by atoms with E-state index < -0.39 is 16.1 Å². The topological polar surface area (TPSA) is 102 Å². The third-order valence-corrected chi connectivity index (χ3v) is 9.26. The largest absolute Gasteiger partial charge is 0.465 e. The van der Waals surface area contributed by atoms with Crippen LogP contribution in [0.1, 0.15) is 36.8 Å². The second kappa shape index (κ2) is 12.8. The molecule has 1 fully saturated rings. The van der Waals surface area contributed by atoms with E-state index in [2.05, 4.69) is 10.3 Å². The number of nitrogens with one attached hydrogen (secondary N) is 1. The first-order valence-electron chi connectivity index (χ1n) is 11.8. The standard InChI is InChI=1S/C13H17N3O2.C12H15Cl2NO2S/c1-16(13(17)18)9-6-10-2-4-11(5-3-10)12-14-7-8-15-12;1-15(9-5-2-3-6-9)18(16,17)11-8-4-7-10(13)12(11)14/h2-5H,6-9H2,1H3,(H,14,15)(H,17,18);4,7-9H,2-3,5-6H2,1H3. The monoisotopic (exact) mass is 554 g/mol. The van der Waals surface area contributed by atoms with E-state index in [-0.39, 0.29) is 21.0 Å². The number of halogens is 2. The van der Waals surface area contributed by atoms with Gasteiger partial charge >= 0.3 is 6.09 Å². The molecular weight excluding hydrogens is 523 g/mol. The number of carbonyl (C=O) groups is 1. The zero-order valence-electron chi connectivity index (χ0n) is 20.5. The number of hydrogen-bond acceptors (Lipinski definition) is 5. The molecule has 8 nitrogen and oxygen atoms in total. The van der Waals surface area contributed by atoms with Crippen molar-refractivity contribution in [3.63, 3.8) is 0 Å². The number of likely N-dealkylation sites (N-methyl/N-ethyl adjacent to an activating group) is 1. The molecule has 36 heavy (non-hydrogen) atoms. The molecular formula is C25H32Cl2N4O4S. The first-order valence-corrected chi connectivity index (χ1v) is 14.0. The fourth-order valence-corrected chi connectivity index (χ4v) is 6.27. The summed E-state index contributed by atoms with van der Waals surface area (Å²) in [6, 6.07) is 12.8. The summed E-state index contributed by atoms with van der Waals surface area (Å²) in [5.41, 5.74) is 2.22. The summed E-state index contributed by atoms with van der Waals surface area (Å²) in [5.74, 6) is 0.948. The molecule has 2 aromatic rings. The van der Waals surface area contributed by atoms with E-state index in [9.17, 15) is 13.2 Å². The van der Waals surface area contributed by atoms with Gasteiger partial charge in [0.25, 0.3) is 0 Å². The lowest BCUT2D eigenvalue weighted by atomic mass is 10.1. The van der Waals surface area contributed by atoms with Gasteiger partial charge in [0.05, 0.1) is 16.6 Å². The normalized spacial score (nSPS) is 15.8. The quantitative estimate of drug-likeness (QED) is 0.514. The summed E-state index contributed by atoms with van der Waals surface area (Å²) < 4.78 is 26.4. The number of benzene rings is 2. The summed E-state index contributed by atoms with van der Waals surface area (Å²) in [4.78, 5) is 16.4. The van der Waals surface area contributed by atoms with Gasteiger partial charge in [-0.2, -0.15) is 4.31 Å². The van der Waals surface area contributed by atoms with Crippen molar-refractivity contribution in [3.05, 3.63) is 63.6 Å². The molecule has 0 saturated heterocycles. The van der Waals surface area contributed by atoms with E-state index in [1.165, 1.54) is 15.3 Å². The summed E-state index contributed by atoms with van der Waals surface area (Å²) in [7, 11) is -0.368. The minimum absolute atomic E-state index is 0.0741. The molecule has 1 saturated carbocycles. The van der Waals surface area contributed by atoms with E-state index in [0.29, 0.717) is 6.54 Å². The fraction of sp³-hybridized carbons (Fsp3) is 0.440. The van der Waals surface area contributed by atoms with Crippen LogP contribution in [0.2, 0.25) is 10.0 Å². The number of rotatable bonds is 7. The zero-order valence-corrected chi connectivity index (χ0v) is 22.8. The van der Waals surface area contributed by atoms with Crippen LogP contribution < -0.4 is 5.32 Å². The molecule has 0 spiro atoms. The lowest BCUT2D eigenvalue weighted by Gasteiger charge is -2.24. The summed E-state index contributed by atoms with van der Waals surface area (Å²) in [6.45, 7) is 2.24. The predicted octanol–water partition coefficient (Wildman–Crippen LogP) is 4.75. The molecule has 0 unspecified atom stereocenters. The van der Waals surface area contributed by atoms with Crippen molar-refractivity contribution in [3.8, 4) is 0 Å². The Bertz CT molecular complexity index is 1180. The highest BCUT2D eigenvalue weighted by Gasteiger charge is 2.31. The van der Waals surface area contributed by atoms with Crippen molar-refractivity contribution in [1.82, 2.24) is 14.5 Å². The van der Waals surface area contributed by atoms with E-state index >= 15 is 0 Å². The average molecular weight is 556 g/mol. The fourth-order valence-electron chi connectivity index (χ4n) is 4.12. The second-order valence-corrected chi connectivity index (χ2v) is 11.6. The van der Waals surface area contributed by atoms with Gasteiger partial charge in [-0.15, -0.1) is 0 Å². The van der Waals surface area contributed by atoms with Crippen molar-refractivity contribution in [2.24, 2.45) is 4.99 Å². The van der Waals surface area contributed by atoms with Crippen LogP contribution in [-0.2, 0) is 16.4 Å². The van der Waals surface area contributed by atoms with Gasteiger partial charge in [-0.25, -0.2) is 13.2 Å². The highest BCUT2D eigenvalue weighted by Crippen LogP contribution is 2.33. The van der Waals surface area contributed by atoms with Crippen molar-refractivity contribution in [2.75, 3.05) is 33.7 Å². The van der Waals surface area contributed by atoms with Crippen LogP contribution in [0.4, 0.5) is 4.79 Å². The van der Waals surface area contributed by atoms with Crippen molar-refractivity contribution in [1.29, 1.82) is 0 Å². The van der Waals surface area contributed by atoms with Gasteiger partial charge in [0.15, 0.2) is 0 Å². The molecule has 196 valence electrons. The SMILES string of the molecule is CN(C1CCCC1)S(=O)(=O)c1cccc(Cl)c1Cl.CN(CCc1ccc(C2=NCCN2)cc1)C(=O)O. The molecule has 1 amide bonds. The van der Waals surface area contributed by atoms with Crippen molar-refractivity contribution < 1.29 is 18.3 Å². The number of aliphatic imine (C=N–C) groups is 1. The second-order valence-electron chi connectivity index (χ2n) is 8.82. The Morgan fingerprint density at radius 3 is 2.36 bits per heavy atom. The third-order valence-electron chi connectivity index (χ3n) is 6.38. The number of sulfonamides is 1. The van der Waals surface area contributed by atoms with Gasteiger partial charge in [0.2, 0.25) is 10.0 Å². The van der Waals surface area contributed by atoms with Gasteiger partial charge < -0.3 is 15.3 Å². The first-order chi connectivity index (χ1) is 17.1. The molecule has 2 aromatic carbocycles. The maximum Gasteiger partial charge on any atom is 0.407 e. The number of amidine groups is 1. The first kappa shape index (κ1) is 28.2. The Morgan fingerprint density at radius 1 is 1.11 bits per heavy atom. The van der Waals surface area contributed by atoms with Gasteiger partial charge in [-0.05, 0) is 37.0 Å². The molecule has 0 bridgehead atoms. The third kappa shape index (κ3) is 7.12. The molecule has 0 atom stereocenters. The van der Waals surface area contributed by atoms with Gasteiger partial charge in [-0.3, -0.25) is 4.99 Å². The average Bonchev–Trinajstić information content (AvgIpc) is 3.59. The highest BCUT2D eigenvalue weighted by molar-refractivity contribution is 7.89. The maximum absolute atomic E-state index is 12.5. The summed E-state index contributed by atoms with van der Waals surface area (Å²) >= 11 is 11.9. The van der Waals surface area contributed by atoms with Crippen LogP contribution >= 0.6 is 23.2 Å². The molecule has 1 aliphatic heterocycles. The van der Waals surface area contributed by atoms with Crippen LogP contribution in [-0.4, -0.2) is 74.4 Å². The Kier molecular flexibility index (Phi) is 10.0. The predicted molar refractivity (Wildman–Crippen MR) is 144 cm³/mol. The number of hydrogen-bond donors (Lipinski definition) is 2. The number of carboxylic acid groups (broad SMARTS) is 1. The molecule has 1 aliphatic carbocycles. The molecule has 0 aromatic heterocycles. The molecule has 2 N–H and O–H groups in total. The van der Waals surface area contributed by atoms with E-state index in [4.69, 9.17) is 28.3 Å². The smallest absolute Gasteiger partial charge is 0.407 e. The number of amides is 1. The summed E-state index contributed by atoms with van der Waals surface area (Å²) in [5, 5.41) is 12.3. The van der Waals surface area contributed by atoms with Crippen LogP contribution in [0.15, 0.2) is 52.4 Å². The Balaban J connectivity index is 0.000000201. The molecule has 1 heterocycles. The summed E-state index contributed by atoms with van der Waals surface area (Å²) in [6.07, 6.45) is 3.81. The number of nitrogens with zero attached hydrogens (tertiary/aromatic N) is 3.